The number of hydrogen-bond acceptors (Lipinski definition) is 6. The van der Waals surface area contributed by atoms with Crippen LogP contribution in [-0.4, -0.2) is 20.4 Å². The molecule has 0 N–H and O–H groups in total. The molecule has 0 radical (unpaired) electrons. The highest BCUT2D eigenvalue weighted by atomic mass is 35.5. The van der Waals surface area contributed by atoms with Crippen LogP contribution >= 0.6 is 47.3 Å². The molecule has 1 saturated heterocycles. The number of anilines is 1. The molecule has 9 heteroatoms. The number of thioether (sulfide) groups is 2. The quantitative estimate of drug-likeness (QED) is 0.193. The molecule has 4 rings (SSSR count). The van der Waals surface area contributed by atoms with Crippen LogP contribution in [0.15, 0.2) is 52.3 Å². The number of nitro groups is 1. The van der Waals surface area contributed by atoms with Crippen LogP contribution in [0.1, 0.15) is 37.7 Å². The van der Waals surface area contributed by atoms with E-state index in [9.17, 15) is 14.9 Å². The summed E-state index contributed by atoms with van der Waals surface area (Å²) in [6.07, 6.45) is 7.43. The van der Waals surface area contributed by atoms with Crippen molar-refractivity contribution in [1.29, 1.82) is 0 Å². The molecule has 1 aliphatic carbocycles. The first kappa shape index (κ1) is 22.3. The molecule has 0 unspecified atom stereocenters. The number of nitro benzene ring substituents is 1. The second-order valence-electron chi connectivity index (χ2n) is 7.33. The Labute approximate surface area is 199 Å². The van der Waals surface area contributed by atoms with Gasteiger partial charge in [0.15, 0.2) is 4.32 Å². The fourth-order valence-electron chi connectivity index (χ4n) is 3.69. The lowest BCUT2D eigenvalue weighted by atomic mass is 10.0. The molecule has 2 aliphatic rings. The van der Waals surface area contributed by atoms with Gasteiger partial charge < -0.3 is 0 Å². The maximum absolute atomic E-state index is 13.0. The minimum absolute atomic E-state index is 0.0749. The van der Waals surface area contributed by atoms with E-state index in [2.05, 4.69) is 0 Å². The van der Waals surface area contributed by atoms with E-state index in [1.807, 2.05) is 6.07 Å². The number of amides is 1. The Hall–Kier alpha value is -1.87. The lowest BCUT2D eigenvalue weighted by Crippen LogP contribution is -2.27. The average molecular weight is 491 g/mol. The van der Waals surface area contributed by atoms with Gasteiger partial charge in [-0.15, -0.1) is 11.8 Å². The number of hydrogen-bond donors (Lipinski definition) is 0. The molecule has 1 amide bonds. The Morgan fingerprint density at radius 2 is 1.94 bits per heavy atom. The van der Waals surface area contributed by atoms with Crippen molar-refractivity contribution in [2.45, 2.75) is 42.2 Å². The van der Waals surface area contributed by atoms with E-state index < -0.39 is 0 Å². The van der Waals surface area contributed by atoms with Crippen molar-refractivity contribution < 1.29 is 9.72 Å². The van der Waals surface area contributed by atoms with E-state index >= 15 is 0 Å². The number of rotatable bonds is 5. The summed E-state index contributed by atoms with van der Waals surface area (Å²) in [6, 6.07) is 12.1. The van der Waals surface area contributed by atoms with Gasteiger partial charge in [-0.05, 0) is 42.7 Å². The summed E-state index contributed by atoms with van der Waals surface area (Å²) in [6.45, 7) is 0. The highest BCUT2D eigenvalue weighted by molar-refractivity contribution is 8.27. The summed E-state index contributed by atoms with van der Waals surface area (Å²) in [4.78, 5) is 26.8. The third-order valence-corrected chi connectivity index (χ3v) is 8.24. The van der Waals surface area contributed by atoms with Gasteiger partial charge in [0.2, 0.25) is 0 Å². The summed E-state index contributed by atoms with van der Waals surface area (Å²) in [5.74, 6) is -0.286. The molecule has 1 aliphatic heterocycles. The largest absolute Gasteiger partial charge is 0.283 e. The van der Waals surface area contributed by atoms with Crippen molar-refractivity contribution in [1.82, 2.24) is 0 Å². The molecule has 0 spiro atoms. The lowest BCUT2D eigenvalue weighted by Gasteiger charge is -2.20. The fraction of sp³-hybridized carbons (Fsp3) is 0.273. The zero-order valence-electron chi connectivity index (χ0n) is 16.5. The first-order valence-electron chi connectivity index (χ1n) is 9.91. The molecule has 2 aromatic carbocycles. The van der Waals surface area contributed by atoms with E-state index in [1.54, 1.807) is 48.2 Å². The molecule has 5 nitrogen and oxygen atoms in total. The van der Waals surface area contributed by atoms with Crippen LogP contribution in [0.5, 0.6) is 0 Å². The molecule has 31 heavy (non-hydrogen) atoms. The Morgan fingerprint density at radius 1 is 1.19 bits per heavy atom. The van der Waals surface area contributed by atoms with E-state index in [-0.39, 0.29) is 16.5 Å². The van der Waals surface area contributed by atoms with Gasteiger partial charge in [-0.25, -0.2) is 0 Å². The minimum atomic E-state index is -0.350. The molecule has 1 heterocycles. The smallest absolute Gasteiger partial charge is 0.268 e. The second-order valence-corrected chi connectivity index (χ2v) is 10.8. The normalized spacial score (nSPS) is 18.7. The summed E-state index contributed by atoms with van der Waals surface area (Å²) in [5.41, 5.74) is 1.20. The van der Waals surface area contributed by atoms with Gasteiger partial charge in [0.25, 0.3) is 11.6 Å². The third kappa shape index (κ3) is 4.98. The first-order chi connectivity index (χ1) is 14.9. The summed E-state index contributed by atoms with van der Waals surface area (Å²) >= 11 is 14.4. The predicted octanol–water partition coefficient (Wildman–Crippen LogP) is 7.08. The number of carbonyl (C=O) groups is 1. The van der Waals surface area contributed by atoms with Gasteiger partial charge in [-0.1, -0.05) is 73.0 Å². The molecule has 1 saturated carbocycles. The van der Waals surface area contributed by atoms with E-state index in [0.717, 1.165) is 24.6 Å². The molecule has 2 aromatic rings. The van der Waals surface area contributed by atoms with Crippen LogP contribution in [-0.2, 0) is 4.79 Å². The van der Waals surface area contributed by atoms with Crippen molar-refractivity contribution in [2.24, 2.45) is 0 Å². The van der Waals surface area contributed by atoms with Gasteiger partial charge in [-0.3, -0.25) is 19.8 Å². The SMILES string of the molecule is O=C1/C(=C/c2ccc(SC3CCCCC3)c([N+](=O)[O-])c2)SC(=S)N1c1ccccc1Cl. The summed E-state index contributed by atoms with van der Waals surface area (Å²) < 4.78 is 0.378. The molecule has 2 fully saturated rings. The van der Waals surface area contributed by atoms with Crippen LogP contribution in [0.4, 0.5) is 11.4 Å². The standard InChI is InChI=1S/C22H19ClN2O3S3/c23-16-8-4-5-9-17(16)24-21(26)20(31-22(24)29)13-14-10-11-19(18(12-14)25(27)28)30-15-6-2-1-3-7-15/h4-5,8-13,15H,1-3,6-7H2/b20-13-. The maximum Gasteiger partial charge on any atom is 0.283 e. The highest BCUT2D eigenvalue weighted by Crippen LogP contribution is 2.41. The highest BCUT2D eigenvalue weighted by Gasteiger charge is 2.34. The molecular formula is C22H19ClN2O3S3. The number of para-hydroxylation sites is 1. The fourth-order valence-corrected chi connectivity index (χ4v) is 6.52. The van der Waals surface area contributed by atoms with Crippen molar-refractivity contribution in [3.05, 3.63) is 68.1 Å². The van der Waals surface area contributed by atoms with Crippen LogP contribution in [0.3, 0.4) is 0 Å². The maximum atomic E-state index is 13.0. The topological polar surface area (TPSA) is 63.4 Å². The third-order valence-electron chi connectivity index (χ3n) is 5.21. The average Bonchev–Trinajstić information content (AvgIpc) is 3.03. The second kappa shape index (κ2) is 9.73. The van der Waals surface area contributed by atoms with Gasteiger partial charge in [0.05, 0.1) is 25.4 Å². The van der Waals surface area contributed by atoms with Gasteiger partial charge in [0, 0.05) is 11.3 Å². The van der Waals surface area contributed by atoms with Gasteiger partial charge >= 0.3 is 0 Å². The van der Waals surface area contributed by atoms with Gasteiger partial charge in [-0.2, -0.15) is 0 Å². The molecule has 0 atom stereocenters. The van der Waals surface area contributed by atoms with E-state index in [4.69, 9.17) is 23.8 Å². The van der Waals surface area contributed by atoms with Crippen molar-refractivity contribution in [3.8, 4) is 0 Å². The van der Waals surface area contributed by atoms with Crippen LogP contribution in [0, 0.1) is 10.1 Å². The van der Waals surface area contributed by atoms with Crippen molar-refractivity contribution in [2.75, 3.05) is 4.90 Å². The lowest BCUT2D eigenvalue weighted by molar-refractivity contribution is -0.387. The Bertz CT molecular complexity index is 1080. The number of nitrogens with zero attached hydrogens (tertiary/aromatic N) is 2. The van der Waals surface area contributed by atoms with E-state index in [0.29, 0.717) is 35.6 Å². The predicted molar refractivity (Wildman–Crippen MR) is 133 cm³/mol. The van der Waals surface area contributed by atoms with Crippen LogP contribution < -0.4 is 4.90 Å². The first-order valence-corrected chi connectivity index (χ1v) is 12.4. The van der Waals surface area contributed by atoms with Crippen LogP contribution in [0.25, 0.3) is 6.08 Å². The summed E-state index contributed by atoms with van der Waals surface area (Å²) in [5, 5.41) is 12.6. The number of benzene rings is 2. The number of halogens is 1. The Morgan fingerprint density at radius 3 is 2.65 bits per heavy atom. The van der Waals surface area contributed by atoms with E-state index in [1.165, 1.54) is 30.2 Å². The zero-order valence-corrected chi connectivity index (χ0v) is 19.7. The molecule has 0 bridgehead atoms. The zero-order chi connectivity index (χ0) is 22.0. The molecular weight excluding hydrogens is 472 g/mol. The number of thiocarbonyl (C=S) groups is 1. The molecule has 0 aromatic heterocycles. The van der Waals surface area contributed by atoms with Crippen LogP contribution in [0.2, 0.25) is 5.02 Å². The monoisotopic (exact) mass is 490 g/mol. The van der Waals surface area contributed by atoms with Crippen molar-refractivity contribution in [3.63, 3.8) is 0 Å². The number of carbonyl (C=O) groups excluding carboxylic acids is 1. The van der Waals surface area contributed by atoms with Crippen molar-refractivity contribution >= 4 is 75.0 Å². The van der Waals surface area contributed by atoms with Gasteiger partial charge in [0.1, 0.15) is 0 Å². The summed E-state index contributed by atoms with van der Waals surface area (Å²) in [7, 11) is 0. The molecule has 160 valence electrons. The minimum Gasteiger partial charge on any atom is -0.268 e. The Kier molecular flexibility index (Phi) is 7.01. The Balaban J connectivity index is 1.60.